The van der Waals surface area contributed by atoms with E-state index in [1.165, 1.54) is 6.92 Å². The largest absolute Gasteiger partial charge is 0.469 e. The summed E-state index contributed by atoms with van der Waals surface area (Å²) in [6, 6.07) is 6.47. The molecule has 7 nitrogen and oxygen atoms in total. The first-order valence-corrected chi connectivity index (χ1v) is 6.45. The minimum atomic E-state index is -2.02. The van der Waals surface area contributed by atoms with Gasteiger partial charge in [0, 0.05) is 18.1 Å². The van der Waals surface area contributed by atoms with Gasteiger partial charge in [-0.3, -0.25) is 4.79 Å². The van der Waals surface area contributed by atoms with E-state index in [0.29, 0.717) is 11.8 Å². The molecule has 1 aromatic rings. The molecule has 2 rings (SSSR count). The van der Waals surface area contributed by atoms with Crippen LogP contribution in [0.4, 0.5) is 0 Å². The Morgan fingerprint density at radius 3 is 2.36 bits per heavy atom. The number of benzene rings is 1. The van der Waals surface area contributed by atoms with E-state index in [9.17, 15) is 14.4 Å². The number of hydrogen-bond donors (Lipinski definition) is 0. The minimum Gasteiger partial charge on any atom is -0.469 e. The molecule has 0 saturated heterocycles. The normalized spacial score (nSPS) is 18.9. The molecular weight excluding hydrogens is 290 g/mol. The molecule has 0 fully saturated rings. The van der Waals surface area contributed by atoms with Gasteiger partial charge in [0.2, 0.25) is 0 Å². The number of aldehydes is 1. The number of carbonyl (C=O) groups is 3. The third-order valence-corrected chi connectivity index (χ3v) is 3.40. The zero-order chi connectivity index (χ0) is 16.3. The Balaban J connectivity index is 2.66. The van der Waals surface area contributed by atoms with E-state index in [1.54, 1.807) is 24.3 Å². The smallest absolute Gasteiger partial charge is 0.350 e. The van der Waals surface area contributed by atoms with Crippen LogP contribution in [0, 0.1) is 0 Å². The second-order valence-corrected chi connectivity index (χ2v) is 4.63. The summed E-state index contributed by atoms with van der Waals surface area (Å²) in [5.41, 5.74) is -1.38. The Hall–Kier alpha value is -2.70. The van der Waals surface area contributed by atoms with Crippen LogP contribution in [0.15, 0.2) is 29.3 Å². The first-order valence-electron chi connectivity index (χ1n) is 6.45. The molecule has 0 N–H and O–H groups in total. The summed E-state index contributed by atoms with van der Waals surface area (Å²) in [5.74, 6) is -1.70. The molecule has 0 radical (unpaired) electrons. The molecule has 0 aromatic heterocycles. The van der Waals surface area contributed by atoms with Gasteiger partial charge in [-0.15, -0.1) is 0 Å². The molecule has 22 heavy (non-hydrogen) atoms. The highest BCUT2D eigenvalue weighted by atomic mass is 16.6. The Bertz CT molecular complexity index is 635. The molecule has 1 aliphatic rings. The highest BCUT2D eigenvalue weighted by molar-refractivity contribution is 6.09. The van der Waals surface area contributed by atoms with Crippen LogP contribution in [0.2, 0.25) is 0 Å². The van der Waals surface area contributed by atoms with E-state index < -0.39 is 23.6 Å². The van der Waals surface area contributed by atoms with Gasteiger partial charge in [-0.2, -0.15) is 0 Å². The second kappa shape index (κ2) is 5.97. The Labute approximate surface area is 126 Å². The maximum Gasteiger partial charge on any atom is 0.350 e. The molecule has 0 bridgehead atoms. The summed E-state index contributed by atoms with van der Waals surface area (Å²) < 4.78 is 15.0. The fourth-order valence-electron chi connectivity index (χ4n) is 2.43. The van der Waals surface area contributed by atoms with Crippen molar-refractivity contribution < 1.29 is 28.6 Å². The number of esters is 2. The van der Waals surface area contributed by atoms with Crippen molar-refractivity contribution in [2.24, 2.45) is 4.99 Å². The third kappa shape index (κ3) is 2.24. The van der Waals surface area contributed by atoms with Crippen molar-refractivity contribution in [2.75, 3.05) is 14.2 Å². The standard InChI is InChI=1S/C15H15NO6/c1-9-16-15(13(18)20-2,14(19)21-3)12(22-9)11-7-5-4-6-10(11)8-17/h4-8,12H,1-3H3. The third-order valence-electron chi connectivity index (χ3n) is 3.40. The van der Waals surface area contributed by atoms with Crippen molar-refractivity contribution in [1.29, 1.82) is 0 Å². The van der Waals surface area contributed by atoms with Gasteiger partial charge in [-0.1, -0.05) is 24.3 Å². The SMILES string of the molecule is COC(=O)C1(C(=O)OC)N=C(C)OC1c1ccccc1C=O. The van der Waals surface area contributed by atoms with Gasteiger partial charge in [-0.05, 0) is 0 Å². The van der Waals surface area contributed by atoms with Crippen LogP contribution in [0.5, 0.6) is 0 Å². The molecule has 1 unspecified atom stereocenters. The first kappa shape index (κ1) is 15.7. The quantitative estimate of drug-likeness (QED) is 0.469. The average molecular weight is 305 g/mol. The van der Waals surface area contributed by atoms with Crippen LogP contribution in [-0.4, -0.2) is 43.9 Å². The number of carbonyl (C=O) groups excluding carboxylic acids is 3. The van der Waals surface area contributed by atoms with E-state index >= 15 is 0 Å². The van der Waals surface area contributed by atoms with Crippen molar-refractivity contribution in [1.82, 2.24) is 0 Å². The zero-order valence-electron chi connectivity index (χ0n) is 12.4. The van der Waals surface area contributed by atoms with Gasteiger partial charge in [0.1, 0.15) is 6.29 Å². The van der Waals surface area contributed by atoms with Gasteiger partial charge in [0.15, 0.2) is 12.0 Å². The lowest BCUT2D eigenvalue weighted by Crippen LogP contribution is -2.50. The molecule has 0 aliphatic carbocycles. The van der Waals surface area contributed by atoms with Crippen molar-refractivity contribution in [3.8, 4) is 0 Å². The summed E-state index contributed by atoms with van der Waals surface area (Å²) >= 11 is 0. The monoisotopic (exact) mass is 305 g/mol. The number of hydrogen-bond acceptors (Lipinski definition) is 7. The number of aliphatic imine (C=N–C) groups is 1. The van der Waals surface area contributed by atoms with Crippen LogP contribution >= 0.6 is 0 Å². The highest BCUT2D eigenvalue weighted by Gasteiger charge is 2.61. The Morgan fingerprint density at radius 2 is 1.82 bits per heavy atom. The Morgan fingerprint density at radius 1 is 1.23 bits per heavy atom. The van der Waals surface area contributed by atoms with Crippen LogP contribution in [0.1, 0.15) is 28.9 Å². The topological polar surface area (TPSA) is 91.3 Å². The molecule has 1 atom stereocenters. The highest BCUT2D eigenvalue weighted by Crippen LogP contribution is 2.41. The van der Waals surface area contributed by atoms with Crippen LogP contribution in [0.25, 0.3) is 0 Å². The number of nitrogens with zero attached hydrogens (tertiary/aromatic N) is 1. The average Bonchev–Trinajstić information content (AvgIpc) is 2.91. The van der Waals surface area contributed by atoms with E-state index in [1.807, 2.05) is 0 Å². The van der Waals surface area contributed by atoms with Crippen LogP contribution in [-0.2, 0) is 23.8 Å². The van der Waals surface area contributed by atoms with Gasteiger partial charge >= 0.3 is 11.9 Å². The van der Waals surface area contributed by atoms with Gasteiger partial charge in [-0.25, -0.2) is 14.6 Å². The van der Waals surface area contributed by atoms with E-state index in [4.69, 9.17) is 14.2 Å². The molecule has 1 heterocycles. The molecular formula is C15H15NO6. The number of rotatable bonds is 4. The lowest BCUT2D eigenvalue weighted by molar-refractivity contribution is -0.165. The summed E-state index contributed by atoms with van der Waals surface area (Å²) in [6.45, 7) is 1.50. The lowest BCUT2D eigenvalue weighted by atomic mass is 9.86. The van der Waals surface area contributed by atoms with E-state index in [-0.39, 0.29) is 11.5 Å². The van der Waals surface area contributed by atoms with Crippen LogP contribution in [0.3, 0.4) is 0 Å². The fraction of sp³-hybridized carbons (Fsp3) is 0.333. The second-order valence-electron chi connectivity index (χ2n) is 4.63. The summed E-state index contributed by atoms with van der Waals surface area (Å²) in [7, 11) is 2.28. The summed E-state index contributed by atoms with van der Waals surface area (Å²) in [6.07, 6.45) is -0.514. The van der Waals surface area contributed by atoms with Gasteiger partial charge in [0.25, 0.3) is 5.54 Å². The maximum absolute atomic E-state index is 12.3. The fourth-order valence-corrected chi connectivity index (χ4v) is 2.43. The van der Waals surface area contributed by atoms with Gasteiger partial charge in [0.05, 0.1) is 14.2 Å². The predicted octanol–water partition coefficient (Wildman–Crippen LogP) is 1.07. The summed E-state index contributed by atoms with van der Waals surface area (Å²) in [5, 5.41) is 0. The lowest BCUT2D eigenvalue weighted by Gasteiger charge is -2.27. The van der Waals surface area contributed by atoms with Crippen molar-refractivity contribution >= 4 is 24.1 Å². The zero-order valence-corrected chi connectivity index (χ0v) is 12.4. The maximum atomic E-state index is 12.3. The first-order chi connectivity index (χ1) is 10.5. The van der Waals surface area contributed by atoms with Gasteiger partial charge < -0.3 is 14.2 Å². The number of methoxy groups -OCH3 is 2. The molecule has 1 aromatic carbocycles. The molecule has 0 spiro atoms. The van der Waals surface area contributed by atoms with E-state index in [0.717, 1.165) is 14.2 Å². The molecule has 116 valence electrons. The van der Waals surface area contributed by atoms with E-state index in [2.05, 4.69) is 4.99 Å². The molecule has 1 aliphatic heterocycles. The van der Waals surface area contributed by atoms with Crippen molar-refractivity contribution in [3.63, 3.8) is 0 Å². The van der Waals surface area contributed by atoms with Crippen molar-refractivity contribution in [3.05, 3.63) is 35.4 Å². The molecule has 0 saturated carbocycles. The number of ether oxygens (including phenoxy) is 3. The molecule has 0 amide bonds. The predicted molar refractivity (Wildman–Crippen MR) is 75.5 cm³/mol. The summed E-state index contributed by atoms with van der Waals surface area (Å²) in [4.78, 5) is 39.8. The molecule has 7 heteroatoms. The minimum absolute atomic E-state index is 0.126. The Kier molecular flexibility index (Phi) is 4.25. The van der Waals surface area contributed by atoms with Crippen molar-refractivity contribution in [2.45, 2.75) is 18.6 Å². The van der Waals surface area contributed by atoms with Crippen LogP contribution < -0.4 is 0 Å².